The Labute approximate surface area is 98.0 Å². The fourth-order valence-electron chi connectivity index (χ4n) is 1.69. The van der Waals surface area contributed by atoms with Gasteiger partial charge < -0.3 is 10.4 Å². The lowest BCUT2D eigenvalue weighted by atomic mass is 10.0. The van der Waals surface area contributed by atoms with Crippen molar-refractivity contribution in [2.24, 2.45) is 5.41 Å². The maximum atomic E-state index is 8.93. The maximum Gasteiger partial charge on any atom is 0.125 e. The van der Waals surface area contributed by atoms with Crippen molar-refractivity contribution in [3.8, 4) is 0 Å². The number of aliphatic hydroxyl groups is 1. The van der Waals surface area contributed by atoms with Gasteiger partial charge in [0.25, 0.3) is 0 Å². The number of halogens is 1. The summed E-state index contributed by atoms with van der Waals surface area (Å²) >= 11 is 3.35. The predicted molar refractivity (Wildman–Crippen MR) is 63.8 cm³/mol. The highest BCUT2D eigenvalue weighted by Gasteiger charge is 2.41. The molecule has 1 heterocycles. The van der Waals surface area contributed by atoms with E-state index in [-0.39, 0.29) is 6.61 Å². The molecule has 0 aliphatic heterocycles. The van der Waals surface area contributed by atoms with Gasteiger partial charge in [-0.2, -0.15) is 0 Å². The Kier molecular flexibility index (Phi) is 3.26. The summed E-state index contributed by atoms with van der Waals surface area (Å²) in [5.74, 6) is 0.905. The van der Waals surface area contributed by atoms with Crippen molar-refractivity contribution in [1.82, 2.24) is 4.98 Å². The standard InChI is InChI=1S/C11H15BrN2O/c12-9-1-2-10(13-7-9)14-8-11(3-4-11)5-6-15/h1-2,7,15H,3-6,8H2,(H,13,14). The van der Waals surface area contributed by atoms with Crippen LogP contribution in [0.15, 0.2) is 22.8 Å². The zero-order chi connectivity index (χ0) is 10.7. The van der Waals surface area contributed by atoms with Gasteiger partial charge in [-0.15, -0.1) is 0 Å². The summed E-state index contributed by atoms with van der Waals surface area (Å²) in [6.07, 6.45) is 5.12. The second-order valence-corrected chi connectivity index (χ2v) is 5.10. The van der Waals surface area contributed by atoms with Crippen molar-refractivity contribution in [1.29, 1.82) is 0 Å². The first-order valence-corrected chi connectivity index (χ1v) is 6.00. The lowest BCUT2D eigenvalue weighted by Crippen LogP contribution is -2.17. The lowest BCUT2D eigenvalue weighted by Gasteiger charge is -2.14. The van der Waals surface area contributed by atoms with E-state index in [0.717, 1.165) is 23.3 Å². The smallest absolute Gasteiger partial charge is 0.125 e. The van der Waals surface area contributed by atoms with Crippen LogP contribution in [-0.4, -0.2) is 23.2 Å². The van der Waals surface area contributed by atoms with E-state index in [1.54, 1.807) is 6.20 Å². The summed E-state index contributed by atoms with van der Waals surface area (Å²) in [5.41, 5.74) is 0.337. The number of nitrogens with zero attached hydrogens (tertiary/aromatic N) is 1. The van der Waals surface area contributed by atoms with Crippen molar-refractivity contribution in [2.45, 2.75) is 19.3 Å². The molecule has 0 atom stereocenters. The van der Waals surface area contributed by atoms with Gasteiger partial charge in [-0.1, -0.05) is 0 Å². The van der Waals surface area contributed by atoms with E-state index < -0.39 is 0 Å². The number of aliphatic hydroxyl groups excluding tert-OH is 1. The van der Waals surface area contributed by atoms with Crippen LogP contribution in [0.25, 0.3) is 0 Å². The third kappa shape index (κ3) is 2.92. The summed E-state index contributed by atoms with van der Waals surface area (Å²) in [7, 11) is 0. The molecule has 0 spiro atoms. The monoisotopic (exact) mass is 270 g/mol. The van der Waals surface area contributed by atoms with Crippen LogP contribution in [0, 0.1) is 5.41 Å². The van der Waals surface area contributed by atoms with Crippen molar-refractivity contribution < 1.29 is 5.11 Å². The average molecular weight is 271 g/mol. The largest absolute Gasteiger partial charge is 0.396 e. The van der Waals surface area contributed by atoms with Crippen molar-refractivity contribution in [3.63, 3.8) is 0 Å². The zero-order valence-corrected chi connectivity index (χ0v) is 10.1. The highest BCUT2D eigenvalue weighted by Crippen LogP contribution is 2.48. The van der Waals surface area contributed by atoms with E-state index in [1.165, 1.54) is 12.8 Å². The molecule has 82 valence electrons. The topological polar surface area (TPSA) is 45.1 Å². The van der Waals surface area contributed by atoms with E-state index in [4.69, 9.17) is 5.11 Å². The molecule has 0 saturated heterocycles. The van der Waals surface area contributed by atoms with Gasteiger partial charge in [0.15, 0.2) is 0 Å². The molecule has 0 bridgehead atoms. The van der Waals surface area contributed by atoms with Gasteiger partial charge in [0, 0.05) is 23.8 Å². The molecule has 0 unspecified atom stereocenters. The number of aromatic nitrogens is 1. The van der Waals surface area contributed by atoms with Crippen molar-refractivity contribution in [2.75, 3.05) is 18.5 Å². The molecule has 3 nitrogen and oxygen atoms in total. The second kappa shape index (κ2) is 4.49. The minimum absolute atomic E-state index is 0.287. The summed E-state index contributed by atoms with van der Waals surface area (Å²) in [6, 6.07) is 3.93. The molecule has 0 amide bonds. The Morgan fingerprint density at radius 2 is 2.27 bits per heavy atom. The number of hydrogen-bond acceptors (Lipinski definition) is 3. The molecule has 4 heteroatoms. The number of hydrogen-bond donors (Lipinski definition) is 2. The number of anilines is 1. The van der Waals surface area contributed by atoms with Gasteiger partial charge in [0.1, 0.15) is 5.82 Å². The van der Waals surface area contributed by atoms with Crippen LogP contribution < -0.4 is 5.32 Å². The molecule has 1 aromatic rings. The molecule has 1 fully saturated rings. The first-order valence-electron chi connectivity index (χ1n) is 5.20. The molecule has 1 aliphatic rings. The Hall–Kier alpha value is -0.610. The van der Waals surface area contributed by atoms with Crippen LogP contribution >= 0.6 is 15.9 Å². The number of pyridine rings is 1. The lowest BCUT2D eigenvalue weighted by molar-refractivity contribution is 0.253. The molecule has 2 N–H and O–H groups in total. The van der Waals surface area contributed by atoms with Crippen LogP contribution in [0.2, 0.25) is 0 Å². The molecule has 0 radical (unpaired) electrons. The van der Waals surface area contributed by atoms with E-state index in [0.29, 0.717) is 5.41 Å². The summed E-state index contributed by atoms with van der Waals surface area (Å²) in [4.78, 5) is 4.25. The maximum absolute atomic E-state index is 8.93. The van der Waals surface area contributed by atoms with Crippen LogP contribution in [0.5, 0.6) is 0 Å². The van der Waals surface area contributed by atoms with Crippen molar-refractivity contribution >= 4 is 21.7 Å². The fraction of sp³-hybridized carbons (Fsp3) is 0.545. The van der Waals surface area contributed by atoms with E-state index in [2.05, 4.69) is 26.2 Å². The minimum Gasteiger partial charge on any atom is -0.396 e. The quantitative estimate of drug-likeness (QED) is 0.864. The Bertz CT molecular complexity index is 322. The average Bonchev–Trinajstić information content (AvgIpc) is 2.99. The third-order valence-corrected chi connectivity index (χ3v) is 3.44. The third-order valence-electron chi connectivity index (χ3n) is 2.97. The molecule has 1 aromatic heterocycles. The summed E-state index contributed by atoms with van der Waals surface area (Å²) in [5, 5.41) is 12.2. The highest BCUT2D eigenvalue weighted by atomic mass is 79.9. The molecule has 2 rings (SSSR count). The number of nitrogens with one attached hydrogen (secondary N) is 1. The van der Waals surface area contributed by atoms with Gasteiger partial charge in [-0.05, 0) is 52.7 Å². The van der Waals surface area contributed by atoms with Crippen LogP contribution in [0.3, 0.4) is 0 Å². The van der Waals surface area contributed by atoms with E-state index in [1.807, 2.05) is 12.1 Å². The van der Waals surface area contributed by atoms with E-state index in [9.17, 15) is 0 Å². The van der Waals surface area contributed by atoms with Gasteiger partial charge in [-0.3, -0.25) is 0 Å². The Balaban J connectivity index is 1.85. The normalized spacial score (nSPS) is 17.5. The predicted octanol–water partition coefficient (Wildman–Crippen LogP) is 2.42. The first-order chi connectivity index (χ1) is 7.24. The molecule has 1 aliphatic carbocycles. The van der Waals surface area contributed by atoms with Gasteiger partial charge >= 0.3 is 0 Å². The van der Waals surface area contributed by atoms with Crippen LogP contribution in [0.1, 0.15) is 19.3 Å². The summed E-state index contributed by atoms with van der Waals surface area (Å²) < 4.78 is 0.990. The van der Waals surface area contributed by atoms with Gasteiger partial charge in [0.2, 0.25) is 0 Å². The Morgan fingerprint density at radius 1 is 1.47 bits per heavy atom. The molecule has 15 heavy (non-hydrogen) atoms. The molecule has 0 aromatic carbocycles. The fourth-order valence-corrected chi connectivity index (χ4v) is 1.92. The minimum atomic E-state index is 0.287. The van der Waals surface area contributed by atoms with Gasteiger partial charge in [-0.25, -0.2) is 4.98 Å². The molecular formula is C11H15BrN2O. The van der Waals surface area contributed by atoms with E-state index >= 15 is 0 Å². The zero-order valence-electron chi connectivity index (χ0n) is 8.54. The highest BCUT2D eigenvalue weighted by molar-refractivity contribution is 9.10. The Morgan fingerprint density at radius 3 is 2.80 bits per heavy atom. The van der Waals surface area contributed by atoms with Crippen LogP contribution in [-0.2, 0) is 0 Å². The van der Waals surface area contributed by atoms with Crippen LogP contribution in [0.4, 0.5) is 5.82 Å². The number of rotatable bonds is 5. The van der Waals surface area contributed by atoms with Gasteiger partial charge in [0.05, 0.1) is 0 Å². The second-order valence-electron chi connectivity index (χ2n) is 4.19. The SMILES string of the molecule is OCCC1(CNc2ccc(Br)cn2)CC1. The summed E-state index contributed by atoms with van der Waals surface area (Å²) in [6.45, 7) is 1.21. The first kappa shape index (κ1) is 10.9. The molecule has 1 saturated carbocycles. The molecular weight excluding hydrogens is 256 g/mol. The van der Waals surface area contributed by atoms with Crippen molar-refractivity contribution in [3.05, 3.63) is 22.8 Å².